The van der Waals surface area contributed by atoms with E-state index in [2.05, 4.69) is 49.7 Å². The zero-order valence-corrected chi connectivity index (χ0v) is 21.8. The Kier molecular flexibility index (Phi) is 18.0. The van der Waals surface area contributed by atoms with Crippen molar-refractivity contribution >= 4 is 0 Å². The van der Waals surface area contributed by atoms with Gasteiger partial charge in [0, 0.05) is 24.0 Å². The Bertz CT molecular complexity index is 815. The number of nitrogens with zero attached hydrogens (tertiary/aromatic N) is 2. The Hall–Kier alpha value is -2.68. The molecule has 0 heterocycles. The van der Waals surface area contributed by atoms with Crippen LogP contribution in [0.4, 0.5) is 0 Å². The van der Waals surface area contributed by atoms with Crippen LogP contribution in [0.25, 0.3) is 0 Å². The fraction of sp³-hybridized carbons (Fsp3) is 0.625. The lowest BCUT2D eigenvalue weighted by Gasteiger charge is -2.01. The van der Waals surface area contributed by atoms with Crippen LogP contribution in [0.1, 0.15) is 152 Å². The third kappa shape index (κ3) is 13.8. The lowest BCUT2D eigenvalue weighted by molar-refractivity contribution is 0.579. The number of rotatable bonds is 16. The highest BCUT2D eigenvalue weighted by Crippen LogP contribution is 2.16. The van der Waals surface area contributed by atoms with Crippen molar-refractivity contribution in [2.24, 2.45) is 0 Å². The van der Waals surface area contributed by atoms with Crippen LogP contribution in [0, 0.1) is 46.3 Å². The molecule has 0 aliphatic heterocycles. The molecule has 2 nitrogen and oxygen atoms in total. The fourth-order valence-electron chi connectivity index (χ4n) is 4.00. The van der Waals surface area contributed by atoms with E-state index in [0.29, 0.717) is 11.1 Å². The molecule has 34 heavy (non-hydrogen) atoms. The van der Waals surface area contributed by atoms with Crippen LogP contribution in [0.15, 0.2) is 12.1 Å². The van der Waals surface area contributed by atoms with Gasteiger partial charge in [0.05, 0.1) is 11.1 Å². The molecule has 0 saturated carbocycles. The maximum atomic E-state index is 9.39. The summed E-state index contributed by atoms with van der Waals surface area (Å²) < 4.78 is 0. The quantitative estimate of drug-likeness (QED) is 0.184. The number of nitriles is 2. The van der Waals surface area contributed by atoms with E-state index in [1.807, 2.05) is 0 Å². The monoisotopic (exact) mass is 456 g/mol. The van der Waals surface area contributed by atoms with Gasteiger partial charge in [-0.1, -0.05) is 127 Å². The van der Waals surface area contributed by atoms with Crippen molar-refractivity contribution in [3.8, 4) is 35.8 Å². The molecular formula is C32H44N2. The third-order valence-electron chi connectivity index (χ3n) is 6.16. The van der Waals surface area contributed by atoms with E-state index in [0.717, 1.165) is 36.8 Å². The summed E-state index contributed by atoms with van der Waals surface area (Å²) in [5.41, 5.74) is 2.32. The minimum atomic E-state index is 0.382. The average Bonchev–Trinajstić information content (AvgIpc) is 2.86. The zero-order chi connectivity index (χ0) is 24.7. The molecule has 0 spiro atoms. The summed E-state index contributed by atoms with van der Waals surface area (Å²) in [6.45, 7) is 4.50. The van der Waals surface area contributed by atoms with Crippen molar-refractivity contribution in [3.63, 3.8) is 0 Å². The largest absolute Gasteiger partial charge is 0.192 e. The van der Waals surface area contributed by atoms with E-state index in [-0.39, 0.29) is 0 Å². The van der Waals surface area contributed by atoms with Crippen LogP contribution in [-0.2, 0) is 0 Å². The van der Waals surface area contributed by atoms with Crippen LogP contribution in [0.5, 0.6) is 0 Å². The molecule has 0 aliphatic carbocycles. The summed E-state index contributed by atoms with van der Waals surface area (Å²) in [5.74, 6) is 13.0. The molecular weight excluding hydrogens is 412 g/mol. The van der Waals surface area contributed by atoms with E-state index >= 15 is 0 Å². The molecule has 0 saturated heterocycles. The average molecular weight is 457 g/mol. The number of benzene rings is 1. The number of hydrogen-bond acceptors (Lipinski definition) is 2. The van der Waals surface area contributed by atoms with E-state index in [1.54, 1.807) is 12.1 Å². The summed E-state index contributed by atoms with van der Waals surface area (Å²) in [6.07, 6.45) is 22.3. The van der Waals surface area contributed by atoms with Crippen molar-refractivity contribution in [1.29, 1.82) is 10.5 Å². The Morgan fingerprint density at radius 2 is 0.794 bits per heavy atom. The summed E-state index contributed by atoms with van der Waals surface area (Å²) in [7, 11) is 0. The van der Waals surface area contributed by atoms with Gasteiger partial charge < -0.3 is 0 Å². The molecule has 1 aromatic rings. The van der Waals surface area contributed by atoms with E-state index < -0.39 is 0 Å². The van der Waals surface area contributed by atoms with E-state index in [9.17, 15) is 10.5 Å². The van der Waals surface area contributed by atoms with Crippen LogP contribution in [0.2, 0.25) is 0 Å². The van der Waals surface area contributed by atoms with Gasteiger partial charge in [0.2, 0.25) is 0 Å². The second-order valence-electron chi connectivity index (χ2n) is 9.22. The first kappa shape index (κ1) is 29.4. The van der Waals surface area contributed by atoms with Gasteiger partial charge in [-0.2, -0.15) is 10.5 Å². The molecule has 0 aromatic heterocycles. The highest BCUT2D eigenvalue weighted by molar-refractivity contribution is 5.59. The van der Waals surface area contributed by atoms with Gasteiger partial charge in [0.15, 0.2) is 0 Å². The van der Waals surface area contributed by atoms with E-state index in [4.69, 9.17) is 0 Å². The molecule has 0 aliphatic rings. The first-order chi connectivity index (χ1) is 16.8. The first-order valence-corrected chi connectivity index (χ1v) is 13.7. The molecule has 0 fully saturated rings. The van der Waals surface area contributed by atoms with E-state index in [1.165, 1.54) is 89.9 Å². The zero-order valence-electron chi connectivity index (χ0n) is 21.8. The molecule has 0 radical (unpaired) electrons. The minimum Gasteiger partial charge on any atom is -0.192 e. The standard InChI is InChI=1S/C32H44N2/c1-3-5-7-9-11-13-15-17-19-21-23-29-25-31(27-33)32(28-34)26-30(29)24-22-20-18-16-14-12-10-8-6-4-2/h25-26H,3-20H2,1-2H3. The van der Waals surface area contributed by atoms with Crippen molar-refractivity contribution in [1.82, 2.24) is 0 Å². The predicted octanol–water partition coefficient (Wildman–Crippen LogP) is 9.19. The van der Waals surface area contributed by atoms with Gasteiger partial charge in [-0.25, -0.2) is 0 Å². The molecule has 2 heteroatoms. The second kappa shape index (κ2) is 20.9. The first-order valence-electron chi connectivity index (χ1n) is 13.7. The Morgan fingerprint density at radius 1 is 0.471 bits per heavy atom. The van der Waals surface area contributed by atoms with Crippen LogP contribution < -0.4 is 0 Å². The van der Waals surface area contributed by atoms with Crippen molar-refractivity contribution in [2.75, 3.05) is 0 Å². The van der Waals surface area contributed by atoms with Gasteiger partial charge in [0.25, 0.3) is 0 Å². The Balaban J connectivity index is 2.56. The van der Waals surface area contributed by atoms with Gasteiger partial charge in [-0.15, -0.1) is 0 Å². The van der Waals surface area contributed by atoms with Gasteiger partial charge in [-0.05, 0) is 25.0 Å². The second-order valence-corrected chi connectivity index (χ2v) is 9.22. The normalized spacial score (nSPS) is 9.88. The SMILES string of the molecule is CCCCCCCCCCC#Cc1cc(C#N)c(C#N)cc1C#CCCCCCCCCCC. The minimum absolute atomic E-state index is 0.382. The van der Waals surface area contributed by atoms with Crippen molar-refractivity contribution < 1.29 is 0 Å². The maximum absolute atomic E-state index is 9.39. The van der Waals surface area contributed by atoms with Crippen LogP contribution in [-0.4, -0.2) is 0 Å². The molecule has 1 rings (SSSR count). The Morgan fingerprint density at radius 3 is 1.12 bits per heavy atom. The van der Waals surface area contributed by atoms with Gasteiger partial charge >= 0.3 is 0 Å². The lowest BCUT2D eigenvalue weighted by atomic mass is 9.99. The maximum Gasteiger partial charge on any atom is 0.101 e. The van der Waals surface area contributed by atoms with Gasteiger partial charge in [-0.3, -0.25) is 0 Å². The highest BCUT2D eigenvalue weighted by Gasteiger charge is 2.07. The topological polar surface area (TPSA) is 47.6 Å². The molecule has 0 bridgehead atoms. The lowest BCUT2D eigenvalue weighted by Crippen LogP contribution is -1.92. The van der Waals surface area contributed by atoms with Crippen molar-refractivity contribution in [2.45, 2.75) is 129 Å². The van der Waals surface area contributed by atoms with Crippen LogP contribution >= 0.6 is 0 Å². The molecule has 0 unspecified atom stereocenters. The summed E-state index contributed by atoms with van der Waals surface area (Å²) in [6, 6.07) is 7.72. The third-order valence-corrected chi connectivity index (χ3v) is 6.16. The number of hydrogen-bond donors (Lipinski definition) is 0. The predicted molar refractivity (Wildman–Crippen MR) is 144 cm³/mol. The van der Waals surface area contributed by atoms with Crippen molar-refractivity contribution in [3.05, 3.63) is 34.4 Å². The summed E-state index contributed by atoms with van der Waals surface area (Å²) in [4.78, 5) is 0. The highest BCUT2D eigenvalue weighted by atomic mass is 14.3. The Labute approximate surface area is 210 Å². The summed E-state index contributed by atoms with van der Waals surface area (Å²) >= 11 is 0. The molecule has 0 atom stereocenters. The molecule has 1 aromatic carbocycles. The van der Waals surface area contributed by atoms with Gasteiger partial charge in [0.1, 0.15) is 12.1 Å². The van der Waals surface area contributed by atoms with Crippen LogP contribution in [0.3, 0.4) is 0 Å². The smallest absolute Gasteiger partial charge is 0.101 e. The molecule has 182 valence electrons. The molecule has 0 amide bonds. The summed E-state index contributed by atoms with van der Waals surface area (Å²) in [5, 5.41) is 18.8. The molecule has 0 N–H and O–H groups in total. The fourth-order valence-corrected chi connectivity index (χ4v) is 4.00. The number of unbranched alkanes of at least 4 members (excludes halogenated alkanes) is 16.